The number of hydrogen-bond donors (Lipinski definition) is 1. The fourth-order valence-corrected chi connectivity index (χ4v) is 2.08. The van der Waals surface area contributed by atoms with Gasteiger partial charge in [0.25, 0.3) is 0 Å². The summed E-state index contributed by atoms with van der Waals surface area (Å²) in [4.78, 5) is 0. The maximum Gasteiger partial charge on any atom is 0.123 e. The lowest BCUT2D eigenvalue weighted by Gasteiger charge is -2.22. The van der Waals surface area contributed by atoms with Crippen LogP contribution in [0.25, 0.3) is 0 Å². The monoisotopic (exact) mass is 237 g/mol. The van der Waals surface area contributed by atoms with E-state index in [9.17, 15) is 4.39 Å². The number of unbranched alkanes of at least 4 members (excludes halogenated alkanes) is 1. The summed E-state index contributed by atoms with van der Waals surface area (Å²) in [6, 6.07) is 7.69. The molecule has 1 rings (SSSR count). The van der Waals surface area contributed by atoms with E-state index in [1.807, 2.05) is 12.1 Å². The average molecular weight is 237 g/mol. The number of nitrogens with one attached hydrogen (secondary N) is 1. The van der Waals surface area contributed by atoms with Gasteiger partial charge in [-0.2, -0.15) is 0 Å². The largest absolute Gasteiger partial charge is 0.307 e. The molecule has 0 aliphatic carbocycles. The van der Waals surface area contributed by atoms with Crippen LogP contribution in [0, 0.1) is 5.82 Å². The minimum Gasteiger partial charge on any atom is -0.307 e. The molecule has 1 nitrogen and oxygen atoms in total. The highest BCUT2D eigenvalue weighted by atomic mass is 19.1. The summed E-state index contributed by atoms with van der Waals surface area (Å²) in [7, 11) is 0. The highest BCUT2D eigenvalue weighted by molar-refractivity contribution is 5.19. The van der Waals surface area contributed by atoms with Crippen LogP contribution in [-0.2, 0) is 0 Å². The molecule has 0 radical (unpaired) electrons. The number of rotatable bonds is 7. The highest BCUT2D eigenvalue weighted by Gasteiger charge is 2.11. The smallest absolute Gasteiger partial charge is 0.123 e. The minimum atomic E-state index is -0.164. The molecule has 0 saturated heterocycles. The number of halogens is 1. The molecule has 1 aromatic rings. The summed E-state index contributed by atoms with van der Waals surface area (Å²) in [5, 5.41) is 3.61. The molecule has 2 atom stereocenters. The molecule has 2 heteroatoms. The molecule has 96 valence electrons. The van der Waals surface area contributed by atoms with E-state index in [-0.39, 0.29) is 5.82 Å². The van der Waals surface area contributed by atoms with Gasteiger partial charge in [-0.1, -0.05) is 38.8 Å². The maximum absolute atomic E-state index is 12.9. The van der Waals surface area contributed by atoms with E-state index in [0.29, 0.717) is 12.1 Å². The van der Waals surface area contributed by atoms with Crippen LogP contribution in [0.3, 0.4) is 0 Å². The van der Waals surface area contributed by atoms with E-state index in [2.05, 4.69) is 26.1 Å². The Bertz CT molecular complexity index is 307. The first-order valence-electron chi connectivity index (χ1n) is 6.68. The van der Waals surface area contributed by atoms with Crippen molar-refractivity contribution >= 4 is 0 Å². The summed E-state index contributed by atoms with van der Waals surface area (Å²) in [5.74, 6) is -0.164. The fourth-order valence-electron chi connectivity index (χ4n) is 2.08. The molecule has 0 bridgehead atoms. The van der Waals surface area contributed by atoms with Crippen LogP contribution < -0.4 is 5.32 Å². The molecular formula is C15H24FN. The highest BCUT2D eigenvalue weighted by Crippen LogP contribution is 2.18. The van der Waals surface area contributed by atoms with Crippen molar-refractivity contribution in [3.63, 3.8) is 0 Å². The van der Waals surface area contributed by atoms with Crippen LogP contribution in [-0.4, -0.2) is 6.04 Å². The van der Waals surface area contributed by atoms with Crippen molar-refractivity contribution in [2.24, 2.45) is 0 Å². The molecule has 0 aliphatic rings. The molecule has 1 aromatic carbocycles. The van der Waals surface area contributed by atoms with Crippen molar-refractivity contribution < 1.29 is 4.39 Å². The van der Waals surface area contributed by atoms with Gasteiger partial charge in [-0.3, -0.25) is 0 Å². The third-order valence-corrected chi connectivity index (χ3v) is 3.16. The van der Waals surface area contributed by atoms with Crippen LogP contribution in [0.2, 0.25) is 0 Å². The molecule has 17 heavy (non-hydrogen) atoms. The Labute approximate surface area is 104 Å². The average Bonchev–Trinajstić information content (AvgIpc) is 2.34. The Hall–Kier alpha value is -0.890. The van der Waals surface area contributed by atoms with Crippen LogP contribution in [0.15, 0.2) is 24.3 Å². The quantitative estimate of drug-likeness (QED) is 0.739. The van der Waals surface area contributed by atoms with Crippen molar-refractivity contribution in [3.8, 4) is 0 Å². The number of hydrogen-bond acceptors (Lipinski definition) is 1. The second kappa shape index (κ2) is 7.44. The lowest BCUT2D eigenvalue weighted by Crippen LogP contribution is -2.30. The maximum atomic E-state index is 12.9. The van der Waals surface area contributed by atoms with E-state index >= 15 is 0 Å². The van der Waals surface area contributed by atoms with E-state index in [4.69, 9.17) is 0 Å². The zero-order valence-corrected chi connectivity index (χ0v) is 11.2. The topological polar surface area (TPSA) is 12.0 Å². The summed E-state index contributed by atoms with van der Waals surface area (Å²) in [6.07, 6.45) is 4.73. The van der Waals surface area contributed by atoms with Gasteiger partial charge in [0, 0.05) is 12.1 Å². The predicted octanol–water partition coefficient (Wildman–Crippen LogP) is 4.45. The molecule has 0 spiro atoms. The van der Waals surface area contributed by atoms with E-state index < -0.39 is 0 Å². The van der Waals surface area contributed by atoms with E-state index in [0.717, 1.165) is 6.42 Å². The summed E-state index contributed by atoms with van der Waals surface area (Å²) in [5.41, 5.74) is 1.18. The van der Waals surface area contributed by atoms with Crippen molar-refractivity contribution in [2.45, 2.75) is 58.5 Å². The third kappa shape index (κ3) is 4.86. The Morgan fingerprint density at radius 3 is 2.35 bits per heavy atom. The lowest BCUT2D eigenvalue weighted by molar-refractivity contribution is 0.418. The molecule has 0 saturated carbocycles. The van der Waals surface area contributed by atoms with Crippen LogP contribution >= 0.6 is 0 Å². The van der Waals surface area contributed by atoms with Gasteiger partial charge in [-0.25, -0.2) is 4.39 Å². The molecule has 0 aliphatic heterocycles. The van der Waals surface area contributed by atoms with Crippen LogP contribution in [0.4, 0.5) is 4.39 Å². The minimum absolute atomic E-state index is 0.164. The van der Waals surface area contributed by atoms with Gasteiger partial charge in [0.05, 0.1) is 0 Å². The Morgan fingerprint density at radius 1 is 1.18 bits per heavy atom. The van der Waals surface area contributed by atoms with Crippen molar-refractivity contribution in [2.75, 3.05) is 0 Å². The molecule has 0 fully saturated rings. The lowest BCUT2D eigenvalue weighted by atomic mass is 10.0. The Morgan fingerprint density at radius 2 is 1.82 bits per heavy atom. The van der Waals surface area contributed by atoms with E-state index in [1.54, 1.807) is 0 Å². The third-order valence-electron chi connectivity index (χ3n) is 3.16. The standard InChI is InChI=1S/C15H24FN/c1-4-6-7-12(3)17-15(5-2)13-8-10-14(16)11-9-13/h8-12,15,17H,4-7H2,1-3H3. The normalized spacial score (nSPS) is 14.6. The summed E-state index contributed by atoms with van der Waals surface area (Å²) < 4.78 is 12.9. The first-order chi connectivity index (χ1) is 8.17. The summed E-state index contributed by atoms with van der Waals surface area (Å²) >= 11 is 0. The van der Waals surface area contributed by atoms with Crippen molar-refractivity contribution in [1.82, 2.24) is 5.32 Å². The Kier molecular flexibility index (Phi) is 6.20. The molecular weight excluding hydrogens is 213 g/mol. The van der Waals surface area contributed by atoms with Crippen LogP contribution in [0.5, 0.6) is 0 Å². The van der Waals surface area contributed by atoms with Gasteiger partial charge in [-0.15, -0.1) is 0 Å². The Balaban J connectivity index is 2.56. The second-order valence-electron chi connectivity index (χ2n) is 4.72. The van der Waals surface area contributed by atoms with Gasteiger partial charge in [0.1, 0.15) is 5.82 Å². The van der Waals surface area contributed by atoms with Gasteiger partial charge in [0.2, 0.25) is 0 Å². The van der Waals surface area contributed by atoms with E-state index in [1.165, 1.54) is 37.0 Å². The van der Waals surface area contributed by atoms with Gasteiger partial charge in [0.15, 0.2) is 0 Å². The fraction of sp³-hybridized carbons (Fsp3) is 0.600. The molecule has 0 aromatic heterocycles. The zero-order chi connectivity index (χ0) is 12.7. The second-order valence-corrected chi connectivity index (χ2v) is 4.72. The first kappa shape index (κ1) is 14.2. The first-order valence-corrected chi connectivity index (χ1v) is 6.68. The summed E-state index contributed by atoms with van der Waals surface area (Å²) in [6.45, 7) is 6.60. The van der Waals surface area contributed by atoms with Gasteiger partial charge >= 0.3 is 0 Å². The van der Waals surface area contributed by atoms with Crippen molar-refractivity contribution in [1.29, 1.82) is 0 Å². The van der Waals surface area contributed by atoms with Gasteiger partial charge in [-0.05, 0) is 37.5 Å². The molecule has 2 unspecified atom stereocenters. The zero-order valence-electron chi connectivity index (χ0n) is 11.2. The van der Waals surface area contributed by atoms with Crippen molar-refractivity contribution in [3.05, 3.63) is 35.6 Å². The van der Waals surface area contributed by atoms with Gasteiger partial charge < -0.3 is 5.32 Å². The molecule has 0 amide bonds. The molecule has 1 N–H and O–H groups in total. The number of benzene rings is 1. The van der Waals surface area contributed by atoms with Crippen LogP contribution in [0.1, 0.15) is 58.1 Å². The molecule has 0 heterocycles. The SMILES string of the molecule is CCCCC(C)NC(CC)c1ccc(F)cc1. The predicted molar refractivity (Wildman–Crippen MR) is 71.6 cm³/mol.